The van der Waals surface area contributed by atoms with Crippen molar-refractivity contribution in [3.8, 4) is 33.8 Å². The molecule has 0 heterocycles. The summed E-state index contributed by atoms with van der Waals surface area (Å²) < 4.78 is 149. The van der Waals surface area contributed by atoms with E-state index in [1.807, 2.05) is 0 Å². The van der Waals surface area contributed by atoms with Crippen LogP contribution in [0, 0.1) is 35.0 Å². The van der Waals surface area contributed by atoms with Crippen LogP contribution in [0.1, 0.15) is 62.5 Å². The summed E-state index contributed by atoms with van der Waals surface area (Å²) in [6, 6.07) is 9.99. The molecule has 0 bridgehead atoms. The molecule has 0 spiro atoms. The van der Waals surface area contributed by atoms with E-state index in [0.29, 0.717) is 30.2 Å². The van der Waals surface area contributed by atoms with Gasteiger partial charge in [-0.15, -0.1) is 13.2 Å². The third-order valence-electron chi connectivity index (χ3n) is 8.40. The second-order valence-corrected chi connectivity index (χ2v) is 11.8. The van der Waals surface area contributed by atoms with E-state index in [-0.39, 0.29) is 28.7 Å². The van der Waals surface area contributed by atoms with E-state index in [4.69, 9.17) is 0 Å². The highest BCUT2D eigenvalue weighted by molar-refractivity contribution is 5.72. The maximum atomic E-state index is 15.3. The summed E-state index contributed by atoms with van der Waals surface area (Å²) in [5, 5.41) is 0. The minimum Gasteiger partial charge on any atom is -0.429 e. The molecule has 1 aliphatic rings. The minimum atomic E-state index is -5.27. The van der Waals surface area contributed by atoms with Crippen molar-refractivity contribution in [2.75, 3.05) is 0 Å². The van der Waals surface area contributed by atoms with Crippen LogP contribution < -0.4 is 9.47 Å². The molecular weight excluding hydrogens is 666 g/mol. The SMILES string of the molecule is CCCC=CC1CCC(c2ccc(-c3ccc(-c4cc(F)c(C(F)(F)Oc5ccc(OC(F)(F)F)c(F)c5)c(F)c4)c(F)c3)c(F)c2)CC1. The number of halogens is 10. The van der Waals surface area contributed by atoms with Crippen LogP contribution in [0.15, 0.2) is 78.9 Å². The third-order valence-corrected chi connectivity index (χ3v) is 8.40. The van der Waals surface area contributed by atoms with E-state index in [1.165, 1.54) is 12.1 Å². The zero-order valence-corrected chi connectivity index (χ0v) is 26.0. The zero-order chi connectivity index (χ0) is 35.5. The van der Waals surface area contributed by atoms with Crippen LogP contribution in [0.25, 0.3) is 22.3 Å². The van der Waals surface area contributed by atoms with Gasteiger partial charge in [0.1, 0.15) is 34.6 Å². The van der Waals surface area contributed by atoms with Crippen LogP contribution in [0.4, 0.5) is 43.9 Å². The Balaban J connectivity index is 1.31. The van der Waals surface area contributed by atoms with Crippen molar-refractivity contribution >= 4 is 0 Å². The number of benzene rings is 4. The Morgan fingerprint density at radius 3 is 1.86 bits per heavy atom. The van der Waals surface area contributed by atoms with E-state index < -0.39 is 64.2 Å². The average molecular weight is 697 g/mol. The number of hydrogen-bond donors (Lipinski definition) is 0. The van der Waals surface area contributed by atoms with Gasteiger partial charge in [0.25, 0.3) is 0 Å². The van der Waals surface area contributed by atoms with Crippen molar-refractivity contribution in [1.82, 2.24) is 0 Å². The van der Waals surface area contributed by atoms with Gasteiger partial charge in [0.05, 0.1) is 0 Å². The molecule has 0 aromatic heterocycles. The van der Waals surface area contributed by atoms with Crippen molar-refractivity contribution in [1.29, 1.82) is 0 Å². The number of unbranched alkanes of at least 4 members (excludes halogenated alkanes) is 1. The van der Waals surface area contributed by atoms with Crippen LogP contribution >= 0.6 is 0 Å². The number of alkyl halides is 5. The molecule has 1 fully saturated rings. The molecule has 4 aromatic carbocycles. The zero-order valence-electron chi connectivity index (χ0n) is 26.0. The Kier molecular flexibility index (Phi) is 10.6. The van der Waals surface area contributed by atoms with E-state index in [2.05, 4.69) is 28.5 Å². The summed E-state index contributed by atoms with van der Waals surface area (Å²) in [7, 11) is 0. The normalized spacial score (nSPS) is 17.0. The first kappa shape index (κ1) is 35.8. The van der Waals surface area contributed by atoms with Crippen LogP contribution in [-0.4, -0.2) is 6.36 Å². The molecule has 5 rings (SSSR count). The molecule has 0 aliphatic heterocycles. The fourth-order valence-corrected chi connectivity index (χ4v) is 5.99. The first-order chi connectivity index (χ1) is 23.1. The third kappa shape index (κ3) is 8.58. The average Bonchev–Trinajstić information content (AvgIpc) is 3.01. The number of allylic oxidation sites excluding steroid dienone is 2. The molecule has 1 aliphatic carbocycles. The highest BCUT2D eigenvalue weighted by Gasteiger charge is 2.42. The Labute approximate surface area is 276 Å². The predicted octanol–water partition coefficient (Wildman–Crippen LogP) is 12.4. The molecule has 0 N–H and O–H groups in total. The first-order valence-corrected chi connectivity index (χ1v) is 15.5. The smallest absolute Gasteiger partial charge is 0.429 e. The van der Waals surface area contributed by atoms with Gasteiger partial charge in [0, 0.05) is 17.2 Å². The van der Waals surface area contributed by atoms with E-state index in [0.717, 1.165) is 56.2 Å². The Bertz CT molecular complexity index is 1800. The lowest BCUT2D eigenvalue weighted by atomic mass is 9.78. The first-order valence-electron chi connectivity index (χ1n) is 15.5. The summed E-state index contributed by atoms with van der Waals surface area (Å²) in [6.45, 7) is 2.12. The molecule has 0 atom stereocenters. The van der Waals surface area contributed by atoms with Crippen molar-refractivity contribution in [2.24, 2.45) is 5.92 Å². The summed E-state index contributed by atoms with van der Waals surface area (Å²) in [4.78, 5) is 0. The van der Waals surface area contributed by atoms with Gasteiger partial charge in [0.15, 0.2) is 11.6 Å². The second-order valence-electron chi connectivity index (χ2n) is 11.8. The Hall–Kier alpha value is -4.48. The van der Waals surface area contributed by atoms with Crippen molar-refractivity contribution in [3.63, 3.8) is 0 Å². The van der Waals surface area contributed by atoms with Crippen molar-refractivity contribution in [3.05, 3.63) is 119 Å². The molecule has 1 saturated carbocycles. The standard InChI is InChI=1S/C37H30F10O2/c1-2-3-4-5-21-6-8-22(9-7-21)23-10-13-27(29(38)16-23)24-11-14-28(30(39)17-24)25-18-32(41)35(33(42)19-25)36(43,44)48-26-12-15-34(31(40)20-26)49-37(45,46)47/h4-5,10-22H,2-3,6-9H2,1H3. The lowest BCUT2D eigenvalue weighted by Gasteiger charge is -2.27. The second kappa shape index (κ2) is 14.6. The van der Waals surface area contributed by atoms with E-state index >= 15 is 8.78 Å². The molecular formula is C37H30F10O2. The molecule has 12 heteroatoms. The molecule has 260 valence electrons. The van der Waals surface area contributed by atoms with Crippen LogP contribution in [0.2, 0.25) is 0 Å². The lowest BCUT2D eigenvalue weighted by molar-refractivity contribution is -0.275. The monoisotopic (exact) mass is 696 g/mol. The van der Waals surface area contributed by atoms with Gasteiger partial charge in [-0.3, -0.25) is 0 Å². The van der Waals surface area contributed by atoms with Gasteiger partial charge in [-0.1, -0.05) is 49.8 Å². The number of rotatable bonds is 10. The molecule has 0 saturated heterocycles. The van der Waals surface area contributed by atoms with Crippen LogP contribution in [0.5, 0.6) is 11.5 Å². The van der Waals surface area contributed by atoms with Gasteiger partial charge in [0.2, 0.25) is 0 Å². The van der Waals surface area contributed by atoms with E-state index in [1.54, 1.807) is 12.1 Å². The summed E-state index contributed by atoms with van der Waals surface area (Å²) >= 11 is 0. The van der Waals surface area contributed by atoms with Gasteiger partial charge >= 0.3 is 12.5 Å². The lowest BCUT2D eigenvalue weighted by Crippen LogP contribution is -2.25. The fraction of sp³-hybridized carbons (Fsp3) is 0.297. The fourth-order valence-electron chi connectivity index (χ4n) is 5.99. The predicted molar refractivity (Wildman–Crippen MR) is 163 cm³/mol. The minimum absolute atomic E-state index is 0.101. The Morgan fingerprint density at radius 1 is 0.653 bits per heavy atom. The van der Waals surface area contributed by atoms with Gasteiger partial charge in [-0.2, -0.15) is 8.78 Å². The largest absolute Gasteiger partial charge is 0.573 e. The highest BCUT2D eigenvalue weighted by Crippen LogP contribution is 2.41. The van der Waals surface area contributed by atoms with Gasteiger partial charge in [-0.25, -0.2) is 22.0 Å². The maximum absolute atomic E-state index is 15.3. The topological polar surface area (TPSA) is 18.5 Å². The summed E-state index contributed by atoms with van der Waals surface area (Å²) in [5.41, 5.74) is -1.65. The highest BCUT2D eigenvalue weighted by atomic mass is 19.4. The molecule has 4 aromatic rings. The van der Waals surface area contributed by atoms with Gasteiger partial charge < -0.3 is 9.47 Å². The van der Waals surface area contributed by atoms with Crippen molar-refractivity contribution in [2.45, 2.75) is 63.8 Å². The van der Waals surface area contributed by atoms with E-state index in [9.17, 15) is 35.1 Å². The molecule has 0 amide bonds. The quantitative estimate of drug-likeness (QED) is 0.121. The number of hydrogen-bond acceptors (Lipinski definition) is 2. The summed E-state index contributed by atoms with van der Waals surface area (Å²) in [6.07, 6.45) is 0.404. The van der Waals surface area contributed by atoms with Crippen LogP contribution in [0.3, 0.4) is 0 Å². The van der Waals surface area contributed by atoms with Gasteiger partial charge in [-0.05, 0) is 97.0 Å². The summed E-state index contributed by atoms with van der Waals surface area (Å²) in [5.74, 6) is -8.72. The molecule has 0 radical (unpaired) electrons. The molecule has 0 unspecified atom stereocenters. The molecule has 2 nitrogen and oxygen atoms in total. The maximum Gasteiger partial charge on any atom is 0.573 e. The molecule has 49 heavy (non-hydrogen) atoms. The van der Waals surface area contributed by atoms with Crippen molar-refractivity contribution < 1.29 is 53.4 Å². The Morgan fingerprint density at radius 2 is 1.27 bits per heavy atom. The van der Waals surface area contributed by atoms with Crippen LogP contribution in [-0.2, 0) is 6.11 Å². The number of ether oxygens (including phenoxy) is 2.